The number of ether oxygens (including phenoxy) is 1. The summed E-state index contributed by atoms with van der Waals surface area (Å²) in [5.41, 5.74) is 5.95. The molecule has 0 aromatic heterocycles. The van der Waals surface area contributed by atoms with Crippen LogP contribution in [0.15, 0.2) is 29.3 Å². The van der Waals surface area contributed by atoms with Crippen molar-refractivity contribution in [3.05, 3.63) is 24.3 Å². The number of para-hydroxylation sites is 2. The average molecular weight is 471 g/mol. The number of rotatable bonds is 4. The standard InChI is InChI=1S/C15H20F3N5O.HI/c16-15(17,18)24-13-4-2-1-3-12(13)21-14(19)20-9-11-10-22-5-7-23(11)8-6-22;/h1-4,11H,5-10H2,(H3,19,20,21);1H. The van der Waals surface area contributed by atoms with Gasteiger partial charge in [0.15, 0.2) is 11.7 Å². The second-order valence-electron chi connectivity index (χ2n) is 5.89. The third-order valence-electron chi connectivity index (χ3n) is 4.24. The van der Waals surface area contributed by atoms with Gasteiger partial charge < -0.3 is 15.8 Å². The maximum Gasteiger partial charge on any atom is 0.573 e. The number of halogens is 4. The summed E-state index contributed by atoms with van der Waals surface area (Å²) in [4.78, 5) is 9.04. The molecule has 25 heavy (non-hydrogen) atoms. The van der Waals surface area contributed by atoms with E-state index in [0.29, 0.717) is 12.6 Å². The molecule has 3 fully saturated rings. The molecule has 1 aromatic carbocycles. The lowest BCUT2D eigenvalue weighted by molar-refractivity contribution is -0.274. The molecule has 3 saturated heterocycles. The van der Waals surface area contributed by atoms with Gasteiger partial charge in [0.25, 0.3) is 0 Å². The smallest absolute Gasteiger partial charge is 0.404 e. The molecule has 3 aliphatic heterocycles. The van der Waals surface area contributed by atoms with E-state index in [2.05, 4.69) is 24.8 Å². The van der Waals surface area contributed by atoms with Crippen molar-refractivity contribution in [2.45, 2.75) is 12.4 Å². The molecule has 0 aliphatic carbocycles. The highest BCUT2D eigenvalue weighted by Gasteiger charge is 2.32. The highest BCUT2D eigenvalue weighted by molar-refractivity contribution is 14.0. The Labute approximate surface area is 161 Å². The molecule has 10 heteroatoms. The summed E-state index contributed by atoms with van der Waals surface area (Å²) < 4.78 is 41.2. The van der Waals surface area contributed by atoms with Crippen molar-refractivity contribution < 1.29 is 17.9 Å². The first-order valence-electron chi connectivity index (χ1n) is 7.79. The highest BCUT2D eigenvalue weighted by atomic mass is 127. The van der Waals surface area contributed by atoms with Crippen LogP contribution in [0.5, 0.6) is 5.75 Å². The van der Waals surface area contributed by atoms with Gasteiger partial charge in [-0.1, -0.05) is 12.1 Å². The minimum Gasteiger partial charge on any atom is -0.404 e. The first kappa shape index (κ1) is 20.0. The van der Waals surface area contributed by atoms with Crippen LogP contribution in [0.25, 0.3) is 0 Å². The van der Waals surface area contributed by atoms with Crippen molar-refractivity contribution in [3.63, 3.8) is 0 Å². The first-order valence-corrected chi connectivity index (χ1v) is 7.79. The van der Waals surface area contributed by atoms with E-state index in [4.69, 9.17) is 5.73 Å². The molecule has 0 radical (unpaired) electrons. The van der Waals surface area contributed by atoms with Gasteiger partial charge in [-0.25, -0.2) is 0 Å². The van der Waals surface area contributed by atoms with Gasteiger partial charge >= 0.3 is 6.36 Å². The fourth-order valence-electron chi connectivity index (χ4n) is 3.06. The van der Waals surface area contributed by atoms with Gasteiger partial charge in [0.2, 0.25) is 0 Å². The Bertz CT molecular complexity index is 605. The predicted molar refractivity (Wildman–Crippen MR) is 100 cm³/mol. The Hall–Kier alpha value is -1.27. The molecule has 0 amide bonds. The monoisotopic (exact) mass is 471 g/mol. The van der Waals surface area contributed by atoms with Crippen molar-refractivity contribution in [2.75, 3.05) is 44.6 Å². The normalized spacial score (nSPS) is 26.0. The van der Waals surface area contributed by atoms with Gasteiger partial charge in [-0.15, -0.1) is 37.1 Å². The van der Waals surface area contributed by atoms with Crippen LogP contribution in [0.3, 0.4) is 0 Å². The van der Waals surface area contributed by atoms with Gasteiger partial charge in [0.05, 0.1) is 12.2 Å². The van der Waals surface area contributed by atoms with Crippen LogP contribution in [0.2, 0.25) is 0 Å². The molecule has 3 aliphatic rings. The summed E-state index contributed by atoms with van der Waals surface area (Å²) in [6.07, 6.45) is -4.76. The minimum absolute atomic E-state index is 0. The van der Waals surface area contributed by atoms with E-state index in [0.717, 1.165) is 32.7 Å². The number of benzene rings is 1. The van der Waals surface area contributed by atoms with Crippen LogP contribution in [0.4, 0.5) is 18.9 Å². The van der Waals surface area contributed by atoms with E-state index in [9.17, 15) is 13.2 Å². The van der Waals surface area contributed by atoms with Gasteiger partial charge in [-0.2, -0.15) is 0 Å². The largest absolute Gasteiger partial charge is 0.573 e. The van der Waals surface area contributed by atoms with E-state index < -0.39 is 6.36 Å². The summed E-state index contributed by atoms with van der Waals surface area (Å²) in [5.74, 6) is -0.263. The fourth-order valence-corrected chi connectivity index (χ4v) is 3.06. The summed E-state index contributed by atoms with van der Waals surface area (Å²) in [5, 5.41) is 2.69. The first-order chi connectivity index (χ1) is 11.4. The number of fused-ring (bicyclic) bond motifs is 3. The van der Waals surface area contributed by atoms with Crippen LogP contribution in [-0.2, 0) is 0 Å². The zero-order valence-electron chi connectivity index (χ0n) is 13.5. The Kier molecular flexibility index (Phi) is 6.74. The number of hydrogen-bond donors (Lipinski definition) is 2. The van der Waals surface area contributed by atoms with Gasteiger partial charge in [0.1, 0.15) is 0 Å². The zero-order valence-corrected chi connectivity index (χ0v) is 15.8. The van der Waals surface area contributed by atoms with Crippen LogP contribution in [0.1, 0.15) is 0 Å². The van der Waals surface area contributed by atoms with Crippen molar-refractivity contribution in [1.29, 1.82) is 0 Å². The topological polar surface area (TPSA) is 66.1 Å². The van der Waals surface area contributed by atoms with Crippen LogP contribution in [0, 0.1) is 0 Å². The molecule has 140 valence electrons. The molecule has 1 aromatic rings. The third kappa shape index (κ3) is 5.61. The molecule has 1 atom stereocenters. The Balaban J connectivity index is 0.00000225. The Morgan fingerprint density at radius 1 is 1.24 bits per heavy atom. The van der Waals surface area contributed by atoms with Gasteiger partial charge in [-0.3, -0.25) is 14.8 Å². The summed E-state index contributed by atoms with van der Waals surface area (Å²) in [6, 6.07) is 6.04. The van der Waals surface area contributed by atoms with E-state index in [1.165, 1.54) is 18.2 Å². The zero-order chi connectivity index (χ0) is 17.2. The molecule has 0 spiro atoms. The SMILES string of the molecule is I.NC(=NCC1CN2CCN1CC2)Nc1ccccc1OC(F)(F)F. The molecule has 0 saturated carbocycles. The predicted octanol–water partition coefficient (Wildman–Crippen LogP) is 1.93. The maximum atomic E-state index is 12.4. The number of alkyl halides is 3. The molecule has 3 heterocycles. The minimum atomic E-state index is -4.76. The number of nitrogens with one attached hydrogen (secondary N) is 1. The lowest BCUT2D eigenvalue weighted by Gasteiger charge is -2.47. The van der Waals surface area contributed by atoms with Crippen LogP contribution in [-0.4, -0.2) is 67.4 Å². The summed E-state index contributed by atoms with van der Waals surface area (Å²) in [7, 11) is 0. The molecular weight excluding hydrogens is 450 g/mol. The number of aliphatic imine (C=N–C) groups is 1. The number of guanidine groups is 1. The van der Waals surface area contributed by atoms with Gasteiger partial charge in [-0.05, 0) is 12.1 Å². The van der Waals surface area contributed by atoms with E-state index in [-0.39, 0.29) is 41.4 Å². The van der Waals surface area contributed by atoms with Crippen molar-refractivity contribution in [1.82, 2.24) is 9.80 Å². The molecule has 6 nitrogen and oxygen atoms in total. The van der Waals surface area contributed by atoms with Crippen molar-refractivity contribution >= 4 is 35.6 Å². The number of anilines is 1. The average Bonchev–Trinajstić information content (AvgIpc) is 2.55. The second kappa shape index (κ2) is 8.41. The van der Waals surface area contributed by atoms with Crippen LogP contribution < -0.4 is 15.8 Å². The Morgan fingerprint density at radius 2 is 1.92 bits per heavy atom. The van der Waals surface area contributed by atoms with Crippen molar-refractivity contribution in [3.8, 4) is 5.75 Å². The number of hydrogen-bond acceptors (Lipinski definition) is 4. The number of nitrogens with zero attached hydrogens (tertiary/aromatic N) is 3. The fraction of sp³-hybridized carbons (Fsp3) is 0.533. The second-order valence-corrected chi connectivity index (χ2v) is 5.89. The lowest BCUT2D eigenvalue weighted by atomic mass is 10.1. The molecule has 3 N–H and O–H groups in total. The van der Waals surface area contributed by atoms with Gasteiger partial charge in [0, 0.05) is 38.8 Å². The molecule has 2 bridgehead atoms. The van der Waals surface area contributed by atoms with E-state index >= 15 is 0 Å². The molecular formula is C15H21F3IN5O. The third-order valence-corrected chi connectivity index (χ3v) is 4.24. The molecule has 4 rings (SSSR count). The van der Waals surface area contributed by atoms with E-state index in [1.807, 2.05) is 0 Å². The summed E-state index contributed by atoms with van der Waals surface area (Å²) in [6.45, 7) is 5.67. The number of piperazine rings is 3. The quantitative estimate of drug-likeness (QED) is 0.399. The van der Waals surface area contributed by atoms with Crippen LogP contribution >= 0.6 is 24.0 Å². The highest BCUT2D eigenvalue weighted by Crippen LogP contribution is 2.29. The Morgan fingerprint density at radius 3 is 2.52 bits per heavy atom. The lowest BCUT2D eigenvalue weighted by Crippen LogP contribution is -2.61. The van der Waals surface area contributed by atoms with Crippen molar-refractivity contribution in [2.24, 2.45) is 10.7 Å². The number of nitrogens with two attached hydrogens (primary N) is 1. The van der Waals surface area contributed by atoms with E-state index in [1.54, 1.807) is 6.07 Å². The maximum absolute atomic E-state index is 12.4. The molecule has 1 unspecified atom stereocenters. The summed E-state index contributed by atoms with van der Waals surface area (Å²) >= 11 is 0.